The van der Waals surface area contributed by atoms with E-state index in [-0.39, 0.29) is 0 Å². The molecule has 1 N–H and O–H groups in total. The molecule has 0 amide bonds. The highest BCUT2D eigenvalue weighted by Crippen LogP contribution is 2.38. The molecular weight excluding hydrogens is 476 g/mol. The predicted molar refractivity (Wildman–Crippen MR) is 172 cm³/mol. The molecule has 0 radical (unpaired) electrons. The molecule has 0 spiro atoms. The summed E-state index contributed by atoms with van der Waals surface area (Å²) in [5.41, 5.74) is 8.15. The third kappa shape index (κ3) is 13.6. The van der Waals surface area contributed by atoms with Crippen molar-refractivity contribution in [2.75, 3.05) is 0 Å². The normalized spacial score (nSPS) is 20.8. The molecular formula is C36H68N2O. The first-order valence-electron chi connectivity index (χ1n) is 17.8. The Morgan fingerprint density at radius 3 is 1.90 bits per heavy atom. The van der Waals surface area contributed by atoms with E-state index in [1.54, 1.807) is 5.57 Å². The molecule has 3 nitrogen and oxygen atoms in total. The number of hydrazone groups is 1. The summed E-state index contributed by atoms with van der Waals surface area (Å²) in [6.07, 6.45) is 32.5. The van der Waals surface area contributed by atoms with Crippen molar-refractivity contribution < 1.29 is 4.74 Å². The fraction of sp³-hybridized carbons (Fsp3) is 0.917. The number of unbranched alkanes of at least 4 members (excludes halogenated alkanes) is 11. The third-order valence-corrected chi connectivity index (χ3v) is 9.49. The minimum atomic E-state index is 0.435. The number of nitrogens with zero attached hydrogens (tertiary/aromatic N) is 1. The largest absolute Gasteiger partial charge is 0.375 e. The molecule has 0 bridgehead atoms. The lowest BCUT2D eigenvalue weighted by atomic mass is 9.78. The van der Waals surface area contributed by atoms with Crippen molar-refractivity contribution in [1.29, 1.82) is 0 Å². The Balaban J connectivity index is 2.06. The molecule has 3 heteroatoms. The summed E-state index contributed by atoms with van der Waals surface area (Å²) >= 11 is 0. The second kappa shape index (κ2) is 21.9. The van der Waals surface area contributed by atoms with Gasteiger partial charge in [0.25, 0.3) is 0 Å². The van der Waals surface area contributed by atoms with Crippen LogP contribution in [0.4, 0.5) is 0 Å². The van der Waals surface area contributed by atoms with Crippen LogP contribution >= 0.6 is 0 Å². The van der Waals surface area contributed by atoms with Gasteiger partial charge < -0.3 is 4.74 Å². The van der Waals surface area contributed by atoms with Gasteiger partial charge in [-0.25, -0.2) is 0 Å². The van der Waals surface area contributed by atoms with Crippen molar-refractivity contribution in [2.24, 2.45) is 16.9 Å². The van der Waals surface area contributed by atoms with E-state index in [0.29, 0.717) is 24.0 Å². The van der Waals surface area contributed by atoms with Gasteiger partial charge in [0.05, 0.1) is 12.2 Å². The highest BCUT2D eigenvalue weighted by molar-refractivity contribution is 5.87. The molecule has 228 valence electrons. The van der Waals surface area contributed by atoms with Gasteiger partial charge >= 0.3 is 0 Å². The van der Waals surface area contributed by atoms with Crippen molar-refractivity contribution in [3.63, 3.8) is 0 Å². The van der Waals surface area contributed by atoms with E-state index in [9.17, 15) is 0 Å². The minimum absolute atomic E-state index is 0.435. The Bertz CT molecular complexity index is 655. The van der Waals surface area contributed by atoms with Crippen LogP contribution in [0.5, 0.6) is 0 Å². The van der Waals surface area contributed by atoms with Gasteiger partial charge in [-0.05, 0) is 70.3 Å². The summed E-state index contributed by atoms with van der Waals surface area (Å²) in [6.45, 7) is 11.5. The van der Waals surface area contributed by atoms with Gasteiger partial charge in [0.15, 0.2) is 0 Å². The van der Waals surface area contributed by atoms with Crippen LogP contribution in [0.1, 0.15) is 189 Å². The Hall–Kier alpha value is -0.830. The Morgan fingerprint density at radius 1 is 0.692 bits per heavy atom. The zero-order valence-corrected chi connectivity index (χ0v) is 27.1. The van der Waals surface area contributed by atoms with Crippen LogP contribution < -0.4 is 5.43 Å². The average Bonchev–Trinajstić information content (AvgIpc) is 2.92. The topological polar surface area (TPSA) is 33.6 Å². The lowest BCUT2D eigenvalue weighted by Crippen LogP contribution is -2.33. The van der Waals surface area contributed by atoms with E-state index < -0.39 is 0 Å². The second-order valence-corrected chi connectivity index (χ2v) is 12.9. The van der Waals surface area contributed by atoms with Gasteiger partial charge in [-0.3, -0.25) is 5.43 Å². The lowest BCUT2D eigenvalue weighted by Gasteiger charge is -2.35. The molecule has 2 rings (SSSR count). The average molecular weight is 545 g/mol. The van der Waals surface area contributed by atoms with Crippen molar-refractivity contribution >= 4 is 5.71 Å². The number of nitrogens with one attached hydrogen (secondary N) is 1. The highest BCUT2D eigenvalue weighted by Gasteiger charge is 2.31. The SMILES string of the molecule is CCCCCCCC(CCCCCCC)OC1CCCC2C(C)=NNC(C(CCCC)CCCCC)=C2CC1. The molecule has 1 fully saturated rings. The van der Waals surface area contributed by atoms with E-state index >= 15 is 0 Å². The van der Waals surface area contributed by atoms with E-state index in [4.69, 9.17) is 9.84 Å². The monoisotopic (exact) mass is 545 g/mol. The third-order valence-electron chi connectivity index (χ3n) is 9.49. The van der Waals surface area contributed by atoms with E-state index in [1.807, 2.05) is 0 Å². The van der Waals surface area contributed by atoms with Crippen LogP contribution in [0.3, 0.4) is 0 Å². The standard InChI is InChI=1S/C36H68N2O/c1-6-10-14-16-19-24-32(25-20-17-15-11-7-2)39-33-26-21-27-34-30(5)37-38-36(35(34)29-28-33)31(22-13-9-4)23-18-12-8-3/h31-34,38H,6-29H2,1-5H3. The first-order chi connectivity index (χ1) is 19.1. The number of ether oxygens (including phenoxy) is 1. The van der Waals surface area contributed by atoms with Gasteiger partial charge in [-0.1, -0.05) is 124 Å². The van der Waals surface area contributed by atoms with Crippen molar-refractivity contribution in [2.45, 2.75) is 201 Å². The zero-order valence-electron chi connectivity index (χ0n) is 27.1. The van der Waals surface area contributed by atoms with Gasteiger partial charge in [-0.15, -0.1) is 0 Å². The first-order valence-corrected chi connectivity index (χ1v) is 17.8. The van der Waals surface area contributed by atoms with Gasteiger partial charge in [0, 0.05) is 23.2 Å². The first kappa shape index (κ1) is 34.4. The number of hydrogen-bond donors (Lipinski definition) is 1. The molecule has 39 heavy (non-hydrogen) atoms. The van der Waals surface area contributed by atoms with Crippen LogP contribution in [-0.4, -0.2) is 17.9 Å². The molecule has 0 saturated heterocycles. The predicted octanol–water partition coefficient (Wildman–Crippen LogP) is 11.7. The maximum absolute atomic E-state index is 7.01. The Kier molecular flexibility index (Phi) is 19.3. The minimum Gasteiger partial charge on any atom is -0.375 e. The van der Waals surface area contributed by atoms with Crippen molar-refractivity contribution in [1.82, 2.24) is 5.43 Å². The fourth-order valence-electron chi connectivity index (χ4n) is 6.96. The van der Waals surface area contributed by atoms with Crippen LogP contribution in [0, 0.1) is 11.8 Å². The molecule has 0 aromatic rings. The number of fused-ring (bicyclic) bond motifs is 1. The van der Waals surface area contributed by atoms with Crippen LogP contribution in [0.25, 0.3) is 0 Å². The van der Waals surface area contributed by atoms with E-state index in [0.717, 1.165) is 0 Å². The molecule has 2 aliphatic rings. The molecule has 3 unspecified atom stereocenters. The summed E-state index contributed by atoms with van der Waals surface area (Å²) in [6, 6.07) is 0. The number of allylic oxidation sites excluding steroid dienone is 2. The van der Waals surface area contributed by atoms with E-state index in [2.05, 4.69) is 40.0 Å². The summed E-state index contributed by atoms with van der Waals surface area (Å²) in [5, 5.41) is 4.88. The van der Waals surface area contributed by atoms with Crippen LogP contribution in [-0.2, 0) is 4.74 Å². The zero-order chi connectivity index (χ0) is 28.1. The molecule has 3 atom stereocenters. The van der Waals surface area contributed by atoms with Gasteiger partial charge in [0.2, 0.25) is 0 Å². The lowest BCUT2D eigenvalue weighted by molar-refractivity contribution is -0.0328. The van der Waals surface area contributed by atoms with Crippen molar-refractivity contribution in [3.05, 3.63) is 11.3 Å². The molecule has 1 aliphatic heterocycles. The molecule has 1 saturated carbocycles. The maximum atomic E-state index is 7.01. The molecule has 0 aromatic heterocycles. The second-order valence-electron chi connectivity index (χ2n) is 12.9. The Labute approximate surface area is 244 Å². The Morgan fingerprint density at radius 2 is 1.26 bits per heavy atom. The van der Waals surface area contributed by atoms with Crippen LogP contribution in [0.15, 0.2) is 16.4 Å². The van der Waals surface area contributed by atoms with Gasteiger partial charge in [0.1, 0.15) is 0 Å². The summed E-state index contributed by atoms with van der Waals surface area (Å²) in [5.74, 6) is 1.22. The summed E-state index contributed by atoms with van der Waals surface area (Å²) < 4.78 is 7.01. The van der Waals surface area contributed by atoms with Crippen LogP contribution in [0.2, 0.25) is 0 Å². The number of hydrogen-bond acceptors (Lipinski definition) is 3. The maximum Gasteiger partial charge on any atom is 0.0582 e. The summed E-state index contributed by atoms with van der Waals surface area (Å²) in [4.78, 5) is 0. The fourth-order valence-corrected chi connectivity index (χ4v) is 6.96. The smallest absolute Gasteiger partial charge is 0.0582 e. The highest BCUT2D eigenvalue weighted by atomic mass is 16.5. The van der Waals surface area contributed by atoms with Crippen molar-refractivity contribution in [3.8, 4) is 0 Å². The molecule has 0 aromatic carbocycles. The summed E-state index contributed by atoms with van der Waals surface area (Å²) in [7, 11) is 0. The van der Waals surface area contributed by atoms with E-state index in [1.165, 1.54) is 166 Å². The number of rotatable bonds is 22. The molecule has 1 aliphatic carbocycles. The quantitative estimate of drug-likeness (QED) is 0.137. The van der Waals surface area contributed by atoms with Gasteiger partial charge in [-0.2, -0.15) is 5.10 Å². The molecule has 1 heterocycles.